The number of amides is 1. The lowest BCUT2D eigenvalue weighted by Crippen LogP contribution is -2.32. The normalized spacial score (nSPS) is 21.0. The van der Waals surface area contributed by atoms with Crippen LogP contribution in [0.1, 0.15) is 18.9 Å². The van der Waals surface area contributed by atoms with Crippen molar-refractivity contribution in [2.24, 2.45) is 5.92 Å². The second kappa shape index (κ2) is 5.61. The molecule has 0 bridgehead atoms. The molecule has 6 nitrogen and oxygen atoms in total. The summed E-state index contributed by atoms with van der Waals surface area (Å²) in [5, 5.41) is 8.75. The summed E-state index contributed by atoms with van der Waals surface area (Å²) in [6.45, 7) is 2.31. The number of nitriles is 1. The minimum Gasteiger partial charge on any atom is -0.378 e. The zero-order valence-electron chi connectivity index (χ0n) is 10.9. The molecular weight excluding hydrogens is 280 g/mol. The first kappa shape index (κ1) is 14.5. The van der Waals surface area contributed by atoms with Gasteiger partial charge < -0.3 is 4.74 Å². The van der Waals surface area contributed by atoms with E-state index in [-0.39, 0.29) is 16.6 Å². The molecule has 2 rings (SSSR count). The summed E-state index contributed by atoms with van der Waals surface area (Å²) >= 11 is 0. The molecule has 1 aromatic carbocycles. The van der Waals surface area contributed by atoms with Crippen molar-refractivity contribution in [2.75, 3.05) is 6.61 Å². The summed E-state index contributed by atoms with van der Waals surface area (Å²) < 4.78 is 31.3. The minimum absolute atomic E-state index is 0.0986. The Balaban J connectivity index is 2.08. The molecule has 0 aromatic heterocycles. The van der Waals surface area contributed by atoms with Gasteiger partial charge in [0.1, 0.15) is 0 Å². The molecule has 20 heavy (non-hydrogen) atoms. The zero-order valence-corrected chi connectivity index (χ0v) is 11.7. The second-order valence-electron chi connectivity index (χ2n) is 4.45. The Kier molecular flexibility index (Phi) is 4.06. The van der Waals surface area contributed by atoms with Gasteiger partial charge in [0.05, 0.1) is 28.6 Å². The van der Waals surface area contributed by atoms with Gasteiger partial charge in [-0.1, -0.05) is 6.07 Å². The van der Waals surface area contributed by atoms with Crippen LogP contribution in [0.3, 0.4) is 0 Å². The molecule has 0 heterocycles. The van der Waals surface area contributed by atoms with E-state index in [9.17, 15) is 13.2 Å². The van der Waals surface area contributed by atoms with Crippen molar-refractivity contribution in [3.05, 3.63) is 29.8 Å². The molecule has 2 atom stereocenters. The molecule has 1 amide bonds. The predicted molar refractivity (Wildman–Crippen MR) is 70.0 cm³/mol. The van der Waals surface area contributed by atoms with Crippen LogP contribution in [0.25, 0.3) is 0 Å². The second-order valence-corrected chi connectivity index (χ2v) is 6.13. The number of hydrogen-bond donors (Lipinski definition) is 1. The van der Waals surface area contributed by atoms with Gasteiger partial charge in [-0.2, -0.15) is 5.26 Å². The quantitative estimate of drug-likeness (QED) is 0.866. The summed E-state index contributed by atoms with van der Waals surface area (Å²) in [4.78, 5) is 11.7. The van der Waals surface area contributed by atoms with Gasteiger partial charge in [0.2, 0.25) is 5.91 Å². The van der Waals surface area contributed by atoms with Crippen LogP contribution in [0, 0.1) is 17.2 Å². The van der Waals surface area contributed by atoms with Crippen LogP contribution in [0.2, 0.25) is 0 Å². The molecule has 2 unspecified atom stereocenters. The Morgan fingerprint density at radius 2 is 2.30 bits per heavy atom. The van der Waals surface area contributed by atoms with Crippen LogP contribution in [-0.2, 0) is 19.6 Å². The number of hydrogen-bond acceptors (Lipinski definition) is 5. The van der Waals surface area contributed by atoms with Crippen LogP contribution < -0.4 is 4.72 Å². The lowest BCUT2D eigenvalue weighted by atomic mass is 10.2. The number of carbonyl (C=O) groups excluding carboxylic acids is 1. The molecule has 1 aliphatic carbocycles. The molecular formula is C13H14N2O4S. The third kappa shape index (κ3) is 3.15. The third-order valence-corrected chi connectivity index (χ3v) is 4.30. The van der Waals surface area contributed by atoms with Crippen molar-refractivity contribution < 1.29 is 17.9 Å². The number of benzene rings is 1. The maximum atomic E-state index is 12.0. The molecule has 1 fully saturated rings. The van der Waals surface area contributed by atoms with Crippen LogP contribution >= 0.6 is 0 Å². The van der Waals surface area contributed by atoms with Gasteiger partial charge >= 0.3 is 0 Å². The summed E-state index contributed by atoms with van der Waals surface area (Å²) in [5.74, 6) is -0.977. The monoisotopic (exact) mass is 294 g/mol. The van der Waals surface area contributed by atoms with Crippen molar-refractivity contribution in [3.8, 4) is 6.07 Å². The fraction of sp³-hybridized carbons (Fsp3) is 0.385. The largest absolute Gasteiger partial charge is 0.378 e. The molecule has 1 aliphatic rings. The first-order chi connectivity index (χ1) is 9.47. The Morgan fingerprint density at radius 1 is 1.55 bits per heavy atom. The van der Waals surface area contributed by atoms with E-state index in [0.717, 1.165) is 0 Å². The smallest absolute Gasteiger partial charge is 0.264 e. The average molecular weight is 294 g/mol. The lowest BCUT2D eigenvalue weighted by Gasteiger charge is -2.07. The van der Waals surface area contributed by atoms with Crippen molar-refractivity contribution in [2.45, 2.75) is 24.3 Å². The van der Waals surface area contributed by atoms with Gasteiger partial charge in [0.25, 0.3) is 10.0 Å². The molecule has 7 heteroatoms. The number of nitrogens with zero attached hydrogens (tertiary/aromatic N) is 1. The molecule has 1 saturated carbocycles. The summed E-state index contributed by atoms with van der Waals surface area (Å²) in [6, 6.07) is 7.36. The molecule has 0 spiro atoms. The highest BCUT2D eigenvalue weighted by molar-refractivity contribution is 7.90. The van der Waals surface area contributed by atoms with Crippen LogP contribution in [0.15, 0.2) is 29.2 Å². The number of nitrogens with one attached hydrogen (secondary N) is 1. The van der Waals surface area contributed by atoms with Gasteiger partial charge in [0.15, 0.2) is 0 Å². The van der Waals surface area contributed by atoms with Gasteiger partial charge in [-0.25, -0.2) is 13.1 Å². The van der Waals surface area contributed by atoms with Gasteiger partial charge in [-0.15, -0.1) is 0 Å². The van der Waals surface area contributed by atoms with Crippen molar-refractivity contribution in [1.82, 2.24) is 4.72 Å². The van der Waals surface area contributed by atoms with Crippen LogP contribution in [0.5, 0.6) is 0 Å². The highest BCUT2D eigenvalue weighted by Gasteiger charge is 2.45. The maximum Gasteiger partial charge on any atom is 0.264 e. The van der Waals surface area contributed by atoms with Crippen LogP contribution in [0.4, 0.5) is 0 Å². The van der Waals surface area contributed by atoms with E-state index in [0.29, 0.717) is 13.0 Å². The van der Waals surface area contributed by atoms with Crippen LogP contribution in [-0.4, -0.2) is 27.0 Å². The summed E-state index contributed by atoms with van der Waals surface area (Å²) in [7, 11) is -3.94. The van der Waals surface area contributed by atoms with Crippen molar-refractivity contribution >= 4 is 15.9 Å². The average Bonchev–Trinajstić information content (AvgIpc) is 3.18. The fourth-order valence-electron chi connectivity index (χ4n) is 1.85. The molecule has 0 aliphatic heterocycles. The van der Waals surface area contributed by atoms with E-state index in [1.54, 1.807) is 0 Å². The van der Waals surface area contributed by atoms with E-state index < -0.39 is 21.8 Å². The number of carbonyl (C=O) groups is 1. The van der Waals surface area contributed by atoms with Crippen molar-refractivity contribution in [1.29, 1.82) is 5.26 Å². The predicted octanol–water partition coefficient (Wildman–Crippen LogP) is 0.788. The summed E-state index contributed by atoms with van der Waals surface area (Å²) in [5.41, 5.74) is 0.221. The Bertz CT molecular complexity index is 663. The lowest BCUT2D eigenvalue weighted by molar-refractivity contribution is -0.121. The minimum atomic E-state index is -3.94. The number of sulfonamides is 1. The molecule has 0 radical (unpaired) electrons. The number of ether oxygens (including phenoxy) is 1. The summed E-state index contributed by atoms with van der Waals surface area (Å²) in [6.07, 6.45) is 0.341. The fourth-order valence-corrected chi connectivity index (χ4v) is 2.92. The molecule has 1 N–H and O–H groups in total. The standard InChI is InChI=1S/C13H14N2O4S/c1-2-19-12-7-11(12)13(16)15-20(17,18)10-5-3-4-9(6-10)8-14/h3-6,11-12H,2,7H2,1H3,(H,15,16). The first-order valence-corrected chi connectivity index (χ1v) is 7.64. The Hall–Kier alpha value is -1.91. The highest BCUT2D eigenvalue weighted by Crippen LogP contribution is 2.34. The van der Waals surface area contributed by atoms with E-state index in [4.69, 9.17) is 10.00 Å². The van der Waals surface area contributed by atoms with E-state index >= 15 is 0 Å². The SMILES string of the molecule is CCOC1CC1C(=O)NS(=O)(=O)c1cccc(C#N)c1. The highest BCUT2D eigenvalue weighted by atomic mass is 32.2. The van der Waals surface area contributed by atoms with Crippen molar-refractivity contribution in [3.63, 3.8) is 0 Å². The Labute approximate surface area is 117 Å². The first-order valence-electron chi connectivity index (χ1n) is 6.16. The molecule has 0 saturated heterocycles. The molecule has 1 aromatic rings. The molecule has 106 valence electrons. The third-order valence-electron chi connectivity index (χ3n) is 2.96. The topological polar surface area (TPSA) is 96.3 Å². The zero-order chi connectivity index (χ0) is 14.8. The van der Waals surface area contributed by atoms with Gasteiger partial charge in [0, 0.05) is 6.61 Å². The maximum absolute atomic E-state index is 12.0. The van der Waals surface area contributed by atoms with Gasteiger partial charge in [-0.05, 0) is 31.5 Å². The number of rotatable bonds is 5. The van der Waals surface area contributed by atoms with E-state index in [2.05, 4.69) is 0 Å². The van der Waals surface area contributed by atoms with E-state index in [1.807, 2.05) is 17.7 Å². The van der Waals surface area contributed by atoms with E-state index in [1.165, 1.54) is 24.3 Å². The van der Waals surface area contributed by atoms with Gasteiger partial charge in [-0.3, -0.25) is 4.79 Å². The Morgan fingerprint density at radius 3 is 2.95 bits per heavy atom.